The number of piperidine rings is 1. The molecule has 148 valence electrons. The number of likely N-dealkylation sites (tertiary alicyclic amines) is 1. The third-order valence-electron chi connectivity index (χ3n) is 5.74. The van der Waals surface area contributed by atoms with Crippen LogP contribution in [-0.4, -0.2) is 37.2 Å². The lowest BCUT2D eigenvalue weighted by molar-refractivity contribution is -0.138. The summed E-state index contributed by atoms with van der Waals surface area (Å²) in [4.78, 5) is 29.3. The number of allylic oxidation sites excluding steroid dienone is 1. The van der Waals surface area contributed by atoms with Crippen LogP contribution in [0.25, 0.3) is 21.1 Å². The average Bonchev–Trinajstić information content (AvgIpc) is 3.14. The Morgan fingerprint density at radius 2 is 2.07 bits per heavy atom. The van der Waals surface area contributed by atoms with Crippen molar-refractivity contribution in [3.8, 4) is 0 Å². The molecule has 0 unspecified atom stereocenters. The zero-order valence-corrected chi connectivity index (χ0v) is 17.5. The Labute approximate surface area is 168 Å². The molecule has 1 saturated heterocycles. The first kappa shape index (κ1) is 18.9. The van der Waals surface area contributed by atoms with E-state index in [1.54, 1.807) is 23.6 Å². The number of rotatable bonds is 4. The fourth-order valence-corrected chi connectivity index (χ4v) is 5.50. The van der Waals surface area contributed by atoms with Gasteiger partial charge in [0.1, 0.15) is 12.1 Å². The van der Waals surface area contributed by atoms with Crippen LogP contribution in [0, 0.1) is 6.92 Å². The Hall–Kier alpha value is -2.41. The highest BCUT2D eigenvalue weighted by Crippen LogP contribution is 2.33. The average molecular weight is 399 g/mol. The second-order valence-corrected chi connectivity index (χ2v) is 9.03. The van der Waals surface area contributed by atoms with Crippen LogP contribution in [-0.2, 0) is 17.9 Å². The van der Waals surface area contributed by atoms with Crippen LogP contribution < -0.4 is 5.56 Å². The maximum atomic E-state index is 13.2. The number of thiophene rings is 1. The Morgan fingerprint density at radius 3 is 2.75 bits per heavy atom. The van der Waals surface area contributed by atoms with Crippen LogP contribution in [0.1, 0.15) is 38.0 Å². The number of amides is 1. The number of hydrogen-bond donors (Lipinski definition) is 0. The van der Waals surface area contributed by atoms with Crippen molar-refractivity contribution in [1.29, 1.82) is 0 Å². The van der Waals surface area contributed by atoms with Gasteiger partial charge in [-0.2, -0.15) is 5.10 Å². The Morgan fingerprint density at radius 1 is 1.36 bits per heavy atom. The van der Waals surface area contributed by atoms with Gasteiger partial charge >= 0.3 is 0 Å². The van der Waals surface area contributed by atoms with E-state index in [1.807, 2.05) is 9.47 Å². The van der Waals surface area contributed by atoms with E-state index < -0.39 is 0 Å². The Kier molecular flexibility index (Phi) is 4.87. The van der Waals surface area contributed by atoms with Crippen LogP contribution in [0.5, 0.6) is 0 Å². The van der Waals surface area contributed by atoms with E-state index in [4.69, 9.17) is 0 Å². The number of carbonyl (C=O) groups excluding carboxylic acids is 1. The predicted molar refractivity (Wildman–Crippen MR) is 114 cm³/mol. The zero-order valence-electron chi connectivity index (χ0n) is 16.6. The highest BCUT2D eigenvalue weighted by Gasteiger charge is 2.29. The van der Waals surface area contributed by atoms with Gasteiger partial charge in [-0.1, -0.05) is 6.08 Å². The minimum Gasteiger partial charge on any atom is -0.336 e. The van der Waals surface area contributed by atoms with Crippen molar-refractivity contribution < 1.29 is 4.79 Å². The van der Waals surface area contributed by atoms with Crippen LogP contribution >= 0.6 is 11.3 Å². The van der Waals surface area contributed by atoms with Crippen LogP contribution in [0.3, 0.4) is 0 Å². The van der Waals surface area contributed by atoms with Gasteiger partial charge < -0.3 is 9.47 Å². The first-order chi connectivity index (χ1) is 13.4. The van der Waals surface area contributed by atoms with Gasteiger partial charge in [-0.25, -0.2) is 4.68 Å². The molecule has 0 spiro atoms. The van der Waals surface area contributed by atoms with Gasteiger partial charge in [-0.05, 0) is 46.1 Å². The van der Waals surface area contributed by atoms with E-state index in [0.717, 1.165) is 34.9 Å². The molecule has 0 saturated carbocycles. The molecule has 1 fully saturated rings. The summed E-state index contributed by atoms with van der Waals surface area (Å²) in [5.41, 5.74) is 1.41. The highest BCUT2D eigenvalue weighted by molar-refractivity contribution is 7.20. The topological polar surface area (TPSA) is 60.1 Å². The van der Waals surface area contributed by atoms with Gasteiger partial charge in [-0.3, -0.25) is 9.59 Å². The first-order valence-electron chi connectivity index (χ1n) is 9.83. The van der Waals surface area contributed by atoms with Crippen molar-refractivity contribution in [1.82, 2.24) is 19.2 Å². The summed E-state index contributed by atoms with van der Waals surface area (Å²) in [5, 5.41) is 5.20. The number of hydrogen-bond acceptors (Lipinski definition) is 4. The minimum absolute atomic E-state index is 0.0185. The van der Waals surface area contributed by atoms with E-state index in [2.05, 4.69) is 38.5 Å². The summed E-state index contributed by atoms with van der Waals surface area (Å²) in [6.45, 7) is 10.6. The second kappa shape index (κ2) is 7.20. The standard InChI is InChI=1S/C21H26N4O2S/c1-5-9-23-17-10-15(4)28-20(17)16-11-22-24(21(27)19(16)23)12-18(26)25-13(2)7-6-8-14(25)3/h5,10-11,13-14H,1,6-9,12H2,2-4H3/t13-,14+. The molecule has 28 heavy (non-hydrogen) atoms. The molecule has 0 radical (unpaired) electrons. The molecule has 0 bridgehead atoms. The lowest BCUT2D eigenvalue weighted by Gasteiger charge is -2.39. The summed E-state index contributed by atoms with van der Waals surface area (Å²) < 4.78 is 4.36. The molecule has 3 aromatic rings. The van der Waals surface area contributed by atoms with E-state index in [-0.39, 0.29) is 30.1 Å². The summed E-state index contributed by atoms with van der Waals surface area (Å²) >= 11 is 1.66. The number of carbonyl (C=O) groups is 1. The van der Waals surface area contributed by atoms with Crippen LogP contribution in [0.2, 0.25) is 0 Å². The van der Waals surface area contributed by atoms with Crippen molar-refractivity contribution in [3.63, 3.8) is 0 Å². The number of nitrogens with zero attached hydrogens (tertiary/aromatic N) is 4. The third kappa shape index (κ3) is 2.98. The van der Waals surface area contributed by atoms with Crippen molar-refractivity contribution in [2.45, 2.75) is 65.2 Å². The van der Waals surface area contributed by atoms with Crippen LogP contribution in [0.4, 0.5) is 0 Å². The monoisotopic (exact) mass is 398 g/mol. The van der Waals surface area contributed by atoms with Gasteiger partial charge in [-0.15, -0.1) is 17.9 Å². The molecule has 0 N–H and O–H groups in total. The van der Waals surface area contributed by atoms with Crippen molar-refractivity contribution >= 4 is 38.4 Å². The molecule has 4 heterocycles. The molecule has 4 rings (SSSR count). The smallest absolute Gasteiger partial charge is 0.291 e. The minimum atomic E-state index is -0.217. The highest BCUT2D eigenvalue weighted by atomic mass is 32.1. The summed E-state index contributed by atoms with van der Waals surface area (Å²) in [5.74, 6) is -0.0341. The molecule has 1 aliphatic rings. The quantitative estimate of drug-likeness (QED) is 0.630. The third-order valence-corrected chi connectivity index (χ3v) is 6.81. The zero-order chi connectivity index (χ0) is 20.0. The number of fused-ring (bicyclic) bond motifs is 3. The number of aryl methyl sites for hydroxylation is 1. The fourth-order valence-electron chi connectivity index (χ4n) is 4.47. The van der Waals surface area contributed by atoms with Gasteiger partial charge in [0.25, 0.3) is 5.56 Å². The molecular weight excluding hydrogens is 372 g/mol. The van der Waals surface area contributed by atoms with Crippen LogP contribution in [0.15, 0.2) is 29.7 Å². The summed E-state index contributed by atoms with van der Waals surface area (Å²) in [6, 6.07) is 2.50. The first-order valence-corrected chi connectivity index (χ1v) is 10.6. The molecule has 3 aromatic heterocycles. The maximum Gasteiger partial charge on any atom is 0.291 e. The van der Waals surface area contributed by atoms with Gasteiger partial charge in [0.2, 0.25) is 5.91 Å². The lowest BCUT2D eigenvalue weighted by atomic mass is 9.97. The van der Waals surface area contributed by atoms with Crippen molar-refractivity contribution in [2.24, 2.45) is 0 Å². The molecular formula is C21H26N4O2S. The Balaban J connectivity index is 1.77. The molecule has 0 aliphatic carbocycles. The van der Waals surface area contributed by atoms with E-state index in [0.29, 0.717) is 12.1 Å². The van der Waals surface area contributed by atoms with E-state index >= 15 is 0 Å². The normalized spacial score (nSPS) is 20.2. The Bertz CT molecular complexity index is 1110. The van der Waals surface area contributed by atoms with Crippen molar-refractivity contribution in [3.05, 3.63) is 40.1 Å². The molecule has 0 aromatic carbocycles. The summed E-state index contributed by atoms with van der Waals surface area (Å²) in [7, 11) is 0. The van der Waals surface area contributed by atoms with Gasteiger partial charge in [0.15, 0.2) is 0 Å². The van der Waals surface area contributed by atoms with Crippen molar-refractivity contribution in [2.75, 3.05) is 0 Å². The van der Waals surface area contributed by atoms with Gasteiger partial charge in [0, 0.05) is 28.9 Å². The molecule has 1 aliphatic heterocycles. The maximum absolute atomic E-state index is 13.2. The number of aromatic nitrogens is 3. The largest absolute Gasteiger partial charge is 0.336 e. The second-order valence-electron chi connectivity index (χ2n) is 7.77. The predicted octanol–water partition coefficient (Wildman–Crippen LogP) is 3.70. The van der Waals surface area contributed by atoms with E-state index in [9.17, 15) is 9.59 Å². The fraction of sp³-hybridized carbons (Fsp3) is 0.476. The van der Waals surface area contributed by atoms with Gasteiger partial charge in [0.05, 0.1) is 16.4 Å². The molecule has 1 amide bonds. The lowest BCUT2D eigenvalue weighted by Crippen LogP contribution is -2.49. The molecule has 6 nitrogen and oxygen atoms in total. The van der Waals surface area contributed by atoms with E-state index in [1.165, 1.54) is 9.56 Å². The molecule has 2 atom stereocenters. The SMILES string of the molecule is C=CCn1c2cc(C)sc2c2cnn(CC(=O)N3[C@H](C)CCC[C@@H]3C)c(=O)c21. The summed E-state index contributed by atoms with van der Waals surface area (Å²) in [6.07, 6.45) is 6.68. The molecule has 7 heteroatoms.